The monoisotopic (exact) mass is 552 g/mol. The van der Waals surface area contributed by atoms with E-state index in [1.807, 2.05) is 6.07 Å². The first-order chi connectivity index (χ1) is 14.9. The summed E-state index contributed by atoms with van der Waals surface area (Å²) in [5, 5.41) is 14.5. The Morgan fingerprint density at radius 2 is 2.16 bits per heavy atom. The highest BCUT2D eigenvalue weighted by Crippen LogP contribution is 2.39. The molecule has 1 aliphatic carbocycles. The highest BCUT2D eigenvalue weighted by Gasteiger charge is 2.29. The number of nitrogens with two attached hydrogens (primary N) is 1. The average molecular weight is 552 g/mol. The number of rotatable bonds is 5. The van der Waals surface area contributed by atoms with Crippen LogP contribution in [0.3, 0.4) is 0 Å². The van der Waals surface area contributed by atoms with Crippen molar-refractivity contribution in [2.45, 2.75) is 31.2 Å². The molecule has 0 saturated heterocycles. The molecule has 4 rings (SSSR count). The van der Waals surface area contributed by atoms with E-state index in [1.54, 1.807) is 17.8 Å². The Balaban J connectivity index is 1.55. The summed E-state index contributed by atoms with van der Waals surface area (Å²) < 4.78 is 15.2. The Labute approximate surface area is 197 Å². The first-order valence-electron chi connectivity index (χ1n) is 9.95. The summed E-state index contributed by atoms with van der Waals surface area (Å²) in [5.74, 6) is -0.137. The number of thiazole rings is 1. The van der Waals surface area contributed by atoms with Crippen LogP contribution >= 0.6 is 33.9 Å². The van der Waals surface area contributed by atoms with Crippen molar-refractivity contribution < 1.29 is 14.3 Å². The second-order valence-electron chi connectivity index (χ2n) is 7.80. The molecular formula is C22H22FIN4O2S. The highest BCUT2D eigenvalue weighted by molar-refractivity contribution is 14.1. The lowest BCUT2D eigenvalue weighted by Gasteiger charge is -2.33. The molecule has 9 heteroatoms. The van der Waals surface area contributed by atoms with Gasteiger partial charge in [0, 0.05) is 27.6 Å². The molecule has 0 radical (unpaired) electrons. The van der Waals surface area contributed by atoms with Gasteiger partial charge in [0.15, 0.2) is 0 Å². The van der Waals surface area contributed by atoms with Gasteiger partial charge in [-0.05, 0) is 60.9 Å². The molecule has 162 valence electrons. The van der Waals surface area contributed by atoms with Crippen LogP contribution in [0.15, 0.2) is 42.0 Å². The normalized spacial score (nSPS) is 21.1. The number of nitrogens with zero attached hydrogens (tertiary/aromatic N) is 2. The maximum Gasteiger partial charge on any atom is 0.275 e. The summed E-state index contributed by atoms with van der Waals surface area (Å²) in [5.41, 5.74) is 8.31. The topological polar surface area (TPSA) is 101 Å². The molecule has 0 aliphatic heterocycles. The summed E-state index contributed by atoms with van der Waals surface area (Å²) in [6.45, 7) is 0. The second kappa shape index (κ2) is 9.58. The molecule has 3 aromatic rings. The molecule has 1 saturated carbocycles. The number of alkyl halides is 1. The zero-order valence-electron chi connectivity index (χ0n) is 16.6. The van der Waals surface area contributed by atoms with Crippen molar-refractivity contribution in [2.24, 2.45) is 11.7 Å². The lowest BCUT2D eigenvalue weighted by atomic mass is 9.76. The average Bonchev–Trinajstić information content (AvgIpc) is 3.25. The first kappa shape index (κ1) is 22.1. The molecular weight excluding hydrogens is 530 g/mol. The van der Waals surface area contributed by atoms with Crippen LogP contribution in [0.1, 0.15) is 41.2 Å². The second-order valence-corrected chi connectivity index (χ2v) is 9.54. The number of carbonyl (C=O) groups excluding carboxylic acids is 1. The summed E-state index contributed by atoms with van der Waals surface area (Å²) in [6.07, 6.45) is 6.31. The van der Waals surface area contributed by atoms with E-state index in [0.717, 1.165) is 40.6 Å². The summed E-state index contributed by atoms with van der Waals surface area (Å²) >= 11 is 3.55. The quantitative estimate of drug-likeness (QED) is 0.307. The molecule has 2 heterocycles. The maximum absolute atomic E-state index is 14.1. The smallest absolute Gasteiger partial charge is 0.275 e. The van der Waals surface area contributed by atoms with Crippen molar-refractivity contribution in [3.8, 4) is 16.3 Å². The van der Waals surface area contributed by atoms with Crippen LogP contribution < -0.4 is 11.1 Å². The minimum Gasteiger partial charge on any atom is -0.508 e. The number of phenolic OH excluding ortho intramolecular Hbond substituents is 1. The van der Waals surface area contributed by atoms with Gasteiger partial charge in [-0.1, -0.05) is 22.6 Å². The maximum atomic E-state index is 14.1. The number of aromatic nitrogens is 2. The molecule has 0 unspecified atom stereocenters. The van der Waals surface area contributed by atoms with Gasteiger partial charge in [0.2, 0.25) is 0 Å². The van der Waals surface area contributed by atoms with Gasteiger partial charge in [-0.3, -0.25) is 9.78 Å². The Morgan fingerprint density at radius 3 is 2.97 bits per heavy atom. The van der Waals surface area contributed by atoms with E-state index in [4.69, 9.17) is 5.73 Å². The van der Waals surface area contributed by atoms with Crippen LogP contribution in [0.25, 0.3) is 10.6 Å². The Morgan fingerprint density at radius 1 is 1.32 bits per heavy atom. The van der Waals surface area contributed by atoms with Crippen molar-refractivity contribution in [1.82, 2.24) is 9.97 Å². The third-order valence-corrected chi connectivity index (χ3v) is 7.64. The fraction of sp³-hybridized carbons (Fsp3) is 0.318. The number of phenols is 1. The standard InChI is InChI=1S/C22H22FIN4O2S/c23-18-2-1-15(29)8-17(18)22-28-20(11-31-22)21(30)27-19-10-26-4-3-16(19)13-5-12(9-24)6-14(25)7-13/h1-4,8,10-14,29H,5-7,9,25H2,(H,27,30)/t12-,13+,14-/m0/s1. The Bertz CT molecular complexity index is 1090. The van der Waals surface area contributed by atoms with Crippen LogP contribution in [0, 0.1) is 11.7 Å². The van der Waals surface area contributed by atoms with Gasteiger partial charge in [0.25, 0.3) is 5.91 Å². The first-order valence-corrected chi connectivity index (χ1v) is 12.4. The van der Waals surface area contributed by atoms with E-state index in [0.29, 0.717) is 16.6 Å². The van der Waals surface area contributed by atoms with Crippen LogP contribution in [-0.4, -0.2) is 31.5 Å². The van der Waals surface area contributed by atoms with Gasteiger partial charge in [0.1, 0.15) is 22.3 Å². The van der Waals surface area contributed by atoms with E-state index in [-0.39, 0.29) is 34.9 Å². The zero-order chi connectivity index (χ0) is 22.0. The summed E-state index contributed by atoms with van der Waals surface area (Å²) in [7, 11) is 0. The van der Waals surface area contributed by atoms with Crippen LogP contribution in [0.5, 0.6) is 5.75 Å². The number of hydrogen-bond donors (Lipinski definition) is 3. The van der Waals surface area contributed by atoms with Gasteiger partial charge in [-0.25, -0.2) is 9.37 Å². The number of amides is 1. The van der Waals surface area contributed by atoms with Gasteiger partial charge < -0.3 is 16.2 Å². The van der Waals surface area contributed by atoms with E-state index in [9.17, 15) is 14.3 Å². The zero-order valence-corrected chi connectivity index (χ0v) is 19.6. The minimum atomic E-state index is -0.507. The van der Waals surface area contributed by atoms with E-state index < -0.39 is 5.82 Å². The fourth-order valence-electron chi connectivity index (χ4n) is 4.10. The number of aromatic hydroxyl groups is 1. The number of halogens is 2. The predicted molar refractivity (Wildman–Crippen MR) is 128 cm³/mol. The molecule has 3 atom stereocenters. The fourth-order valence-corrected chi connectivity index (χ4v) is 5.63. The molecule has 1 fully saturated rings. The molecule has 1 aromatic carbocycles. The van der Waals surface area contributed by atoms with Crippen molar-refractivity contribution >= 4 is 45.5 Å². The van der Waals surface area contributed by atoms with Crippen LogP contribution in [0.4, 0.5) is 10.1 Å². The molecule has 1 amide bonds. The minimum absolute atomic E-state index is 0.0619. The molecule has 4 N–H and O–H groups in total. The van der Waals surface area contributed by atoms with Gasteiger partial charge >= 0.3 is 0 Å². The van der Waals surface area contributed by atoms with Crippen molar-refractivity contribution in [3.05, 3.63) is 59.1 Å². The summed E-state index contributed by atoms with van der Waals surface area (Å²) in [4.78, 5) is 21.3. The van der Waals surface area contributed by atoms with Crippen molar-refractivity contribution in [2.75, 3.05) is 9.74 Å². The number of nitrogens with one attached hydrogen (secondary N) is 1. The molecule has 31 heavy (non-hydrogen) atoms. The van der Waals surface area contributed by atoms with Crippen molar-refractivity contribution in [3.63, 3.8) is 0 Å². The SMILES string of the molecule is N[C@H]1C[C@@H](CI)C[C@@H](c2ccncc2NC(=O)c2csc(-c3cc(O)ccc3F)n2)C1. The third-order valence-electron chi connectivity index (χ3n) is 5.52. The van der Waals surface area contributed by atoms with Crippen LogP contribution in [0.2, 0.25) is 0 Å². The third kappa shape index (κ3) is 5.04. The largest absolute Gasteiger partial charge is 0.508 e. The molecule has 2 aromatic heterocycles. The molecule has 6 nitrogen and oxygen atoms in total. The lowest BCUT2D eigenvalue weighted by molar-refractivity contribution is 0.102. The number of pyridine rings is 1. The number of anilines is 1. The van der Waals surface area contributed by atoms with E-state index >= 15 is 0 Å². The van der Waals surface area contributed by atoms with Crippen LogP contribution in [-0.2, 0) is 0 Å². The number of benzene rings is 1. The Hall–Kier alpha value is -2.11. The predicted octanol–water partition coefficient (Wildman–Crippen LogP) is 4.95. The summed E-state index contributed by atoms with van der Waals surface area (Å²) in [6, 6.07) is 5.82. The number of carbonyl (C=O) groups is 1. The van der Waals surface area contributed by atoms with Gasteiger partial charge in [-0.2, -0.15) is 0 Å². The number of hydrogen-bond acceptors (Lipinski definition) is 6. The Kier molecular flexibility index (Phi) is 6.83. The molecule has 0 spiro atoms. The molecule has 0 bridgehead atoms. The van der Waals surface area contributed by atoms with E-state index in [1.165, 1.54) is 18.2 Å². The lowest BCUT2D eigenvalue weighted by Crippen LogP contribution is -2.33. The highest BCUT2D eigenvalue weighted by atomic mass is 127. The van der Waals surface area contributed by atoms with Crippen molar-refractivity contribution in [1.29, 1.82) is 0 Å². The van der Waals surface area contributed by atoms with Gasteiger partial charge in [-0.15, -0.1) is 11.3 Å². The van der Waals surface area contributed by atoms with E-state index in [2.05, 4.69) is 37.9 Å². The van der Waals surface area contributed by atoms with Gasteiger partial charge in [0.05, 0.1) is 11.9 Å². The molecule has 1 aliphatic rings.